The van der Waals surface area contributed by atoms with E-state index >= 15 is 0 Å². The summed E-state index contributed by atoms with van der Waals surface area (Å²) in [6.45, 7) is 0. The summed E-state index contributed by atoms with van der Waals surface area (Å²) in [6, 6.07) is 4.58. The van der Waals surface area contributed by atoms with Gasteiger partial charge in [-0.15, -0.1) is 0 Å². The standard InChI is InChI=1S/C7H9IN2O2S/c1-10-13(11,12)5-2-3-7(9)6(8)4-5/h2-4,10H,9H2,1H3. The number of halogens is 1. The molecule has 0 heterocycles. The molecule has 0 fully saturated rings. The SMILES string of the molecule is CNS(=O)(=O)c1ccc(N)c(I)c1. The number of nitrogens with two attached hydrogens (primary N) is 1. The zero-order valence-corrected chi connectivity index (χ0v) is 9.89. The summed E-state index contributed by atoms with van der Waals surface area (Å²) >= 11 is 1.99. The summed E-state index contributed by atoms with van der Waals surface area (Å²) in [7, 11) is -1.97. The van der Waals surface area contributed by atoms with Crippen molar-refractivity contribution in [2.45, 2.75) is 4.90 Å². The van der Waals surface area contributed by atoms with Crippen molar-refractivity contribution in [3.63, 3.8) is 0 Å². The molecule has 0 spiro atoms. The van der Waals surface area contributed by atoms with E-state index in [1.54, 1.807) is 6.07 Å². The molecule has 13 heavy (non-hydrogen) atoms. The molecule has 3 N–H and O–H groups in total. The fraction of sp³-hybridized carbons (Fsp3) is 0.143. The fourth-order valence-corrected chi connectivity index (χ4v) is 2.28. The van der Waals surface area contributed by atoms with E-state index in [0.717, 1.165) is 3.57 Å². The van der Waals surface area contributed by atoms with Crippen LogP contribution in [0.5, 0.6) is 0 Å². The Balaban J connectivity index is 3.27. The minimum atomic E-state index is -3.35. The molecule has 1 aromatic rings. The monoisotopic (exact) mass is 312 g/mol. The van der Waals surface area contributed by atoms with Gasteiger partial charge in [-0.05, 0) is 47.8 Å². The molecule has 0 aromatic heterocycles. The van der Waals surface area contributed by atoms with Crippen molar-refractivity contribution in [2.24, 2.45) is 0 Å². The summed E-state index contributed by atoms with van der Waals surface area (Å²) in [5, 5.41) is 0. The molecular weight excluding hydrogens is 303 g/mol. The molecule has 0 saturated carbocycles. The van der Waals surface area contributed by atoms with Crippen molar-refractivity contribution in [2.75, 3.05) is 12.8 Å². The molecule has 0 aliphatic carbocycles. The molecule has 0 saturated heterocycles. The number of hydrogen-bond donors (Lipinski definition) is 2. The maximum atomic E-state index is 11.3. The third-order valence-corrected chi connectivity index (χ3v) is 3.90. The number of nitrogen functional groups attached to an aromatic ring is 1. The number of nitrogens with one attached hydrogen (secondary N) is 1. The molecule has 0 aliphatic rings. The van der Waals surface area contributed by atoms with Gasteiger partial charge in [-0.25, -0.2) is 13.1 Å². The summed E-state index contributed by atoms with van der Waals surface area (Å²) < 4.78 is 25.6. The molecule has 1 aromatic carbocycles. The lowest BCUT2D eigenvalue weighted by atomic mass is 10.3. The summed E-state index contributed by atoms with van der Waals surface area (Å²) in [5.41, 5.74) is 6.13. The second kappa shape index (κ2) is 3.81. The lowest BCUT2D eigenvalue weighted by Crippen LogP contribution is -2.18. The predicted octanol–water partition coefficient (Wildman–Crippen LogP) is 0.782. The predicted molar refractivity (Wildman–Crippen MR) is 59.8 cm³/mol. The van der Waals surface area contributed by atoms with Crippen LogP contribution in [0.4, 0.5) is 5.69 Å². The van der Waals surface area contributed by atoms with Gasteiger partial charge in [-0.2, -0.15) is 0 Å². The van der Waals surface area contributed by atoms with E-state index in [2.05, 4.69) is 4.72 Å². The number of hydrogen-bond acceptors (Lipinski definition) is 3. The molecule has 72 valence electrons. The lowest BCUT2D eigenvalue weighted by Gasteiger charge is -2.03. The zero-order chi connectivity index (χ0) is 10.1. The van der Waals surface area contributed by atoms with Crippen LogP contribution in [-0.4, -0.2) is 15.5 Å². The minimum Gasteiger partial charge on any atom is -0.398 e. The number of rotatable bonds is 2. The van der Waals surface area contributed by atoms with Crippen molar-refractivity contribution in [3.05, 3.63) is 21.8 Å². The average Bonchev–Trinajstić information content (AvgIpc) is 2.09. The highest BCUT2D eigenvalue weighted by atomic mass is 127. The summed E-state index contributed by atoms with van der Waals surface area (Å²) in [6.07, 6.45) is 0. The van der Waals surface area contributed by atoms with Gasteiger partial charge in [0.15, 0.2) is 0 Å². The number of anilines is 1. The fourth-order valence-electron chi connectivity index (χ4n) is 0.793. The molecule has 0 bridgehead atoms. The average molecular weight is 312 g/mol. The molecule has 0 atom stereocenters. The summed E-state index contributed by atoms with van der Waals surface area (Å²) in [4.78, 5) is 0.230. The molecular formula is C7H9IN2O2S. The van der Waals surface area contributed by atoms with Gasteiger partial charge in [0.05, 0.1) is 4.90 Å². The zero-order valence-electron chi connectivity index (χ0n) is 6.91. The lowest BCUT2D eigenvalue weighted by molar-refractivity contribution is 0.588. The first-order valence-electron chi connectivity index (χ1n) is 3.46. The first-order valence-corrected chi connectivity index (χ1v) is 6.02. The maximum absolute atomic E-state index is 11.3. The Hall–Kier alpha value is -0.340. The Bertz CT molecular complexity index is 417. The molecule has 0 aliphatic heterocycles. The normalized spacial score (nSPS) is 11.5. The van der Waals surface area contributed by atoms with Crippen LogP contribution in [0.1, 0.15) is 0 Å². The number of benzene rings is 1. The first-order chi connectivity index (χ1) is 5.97. The van der Waals surface area contributed by atoms with Crippen LogP contribution in [0.3, 0.4) is 0 Å². The second-order valence-corrected chi connectivity index (χ2v) is 5.44. The van der Waals surface area contributed by atoms with Crippen molar-refractivity contribution in [1.29, 1.82) is 0 Å². The molecule has 0 amide bonds. The number of sulfonamides is 1. The van der Waals surface area contributed by atoms with E-state index < -0.39 is 10.0 Å². The van der Waals surface area contributed by atoms with Crippen molar-refractivity contribution in [3.8, 4) is 0 Å². The molecule has 1 rings (SSSR count). The van der Waals surface area contributed by atoms with E-state index in [-0.39, 0.29) is 4.90 Å². The quantitative estimate of drug-likeness (QED) is 0.626. The van der Waals surface area contributed by atoms with E-state index in [1.807, 2.05) is 22.6 Å². The van der Waals surface area contributed by atoms with E-state index in [1.165, 1.54) is 19.2 Å². The smallest absolute Gasteiger partial charge is 0.240 e. The Morgan fingerprint density at radius 3 is 2.54 bits per heavy atom. The third kappa shape index (κ3) is 2.32. The maximum Gasteiger partial charge on any atom is 0.240 e. The van der Waals surface area contributed by atoms with Gasteiger partial charge < -0.3 is 5.73 Å². The third-order valence-electron chi connectivity index (χ3n) is 1.55. The van der Waals surface area contributed by atoms with Crippen LogP contribution in [-0.2, 0) is 10.0 Å². The highest BCUT2D eigenvalue weighted by Gasteiger charge is 2.11. The van der Waals surface area contributed by atoms with Gasteiger partial charge in [0.1, 0.15) is 0 Å². The van der Waals surface area contributed by atoms with Crippen LogP contribution >= 0.6 is 22.6 Å². The highest BCUT2D eigenvalue weighted by molar-refractivity contribution is 14.1. The minimum absolute atomic E-state index is 0.230. The molecule has 0 radical (unpaired) electrons. The molecule has 4 nitrogen and oxygen atoms in total. The van der Waals surface area contributed by atoms with Gasteiger partial charge >= 0.3 is 0 Å². The Morgan fingerprint density at radius 1 is 1.46 bits per heavy atom. The Morgan fingerprint density at radius 2 is 2.08 bits per heavy atom. The second-order valence-electron chi connectivity index (χ2n) is 2.39. The highest BCUT2D eigenvalue weighted by Crippen LogP contribution is 2.18. The van der Waals surface area contributed by atoms with Gasteiger partial charge in [0.2, 0.25) is 10.0 Å². The topological polar surface area (TPSA) is 72.2 Å². The van der Waals surface area contributed by atoms with Crippen LogP contribution in [0.25, 0.3) is 0 Å². The van der Waals surface area contributed by atoms with Crippen LogP contribution in [0.2, 0.25) is 0 Å². The Labute approximate surface area is 90.7 Å². The van der Waals surface area contributed by atoms with Gasteiger partial charge in [0.25, 0.3) is 0 Å². The van der Waals surface area contributed by atoms with Crippen LogP contribution in [0.15, 0.2) is 23.1 Å². The van der Waals surface area contributed by atoms with Crippen LogP contribution < -0.4 is 10.5 Å². The van der Waals surface area contributed by atoms with Gasteiger partial charge in [-0.3, -0.25) is 0 Å². The molecule has 0 unspecified atom stereocenters. The Kier molecular flexibility index (Phi) is 3.14. The van der Waals surface area contributed by atoms with Crippen molar-refractivity contribution >= 4 is 38.3 Å². The summed E-state index contributed by atoms with van der Waals surface area (Å²) in [5.74, 6) is 0. The van der Waals surface area contributed by atoms with Gasteiger partial charge in [-0.1, -0.05) is 0 Å². The largest absolute Gasteiger partial charge is 0.398 e. The first kappa shape index (κ1) is 10.7. The van der Waals surface area contributed by atoms with Gasteiger partial charge in [0, 0.05) is 9.26 Å². The van der Waals surface area contributed by atoms with E-state index in [9.17, 15) is 8.42 Å². The van der Waals surface area contributed by atoms with Crippen LogP contribution in [0, 0.1) is 3.57 Å². The van der Waals surface area contributed by atoms with E-state index in [4.69, 9.17) is 5.73 Å². The van der Waals surface area contributed by atoms with E-state index in [0.29, 0.717) is 5.69 Å². The van der Waals surface area contributed by atoms with Crippen molar-refractivity contribution in [1.82, 2.24) is 4.72 Å². The molecule has 6 heteroatoms. The van der Waals surface area contributed by atoms with Crippen molar-refractivity contribution < 1.29 is 8.42 Å².